The lowest BCUT2D eigenvalue weighted by Crippen LogP contribution is -2.32. The number of likely N-dealkylation sites (tertiary alicyclic amines) is 1. The van der Waals surface area contributed by atoms with Gasteiger partial charge in [-0.15, -0.1) is 0 Å². The number of ether oxygens (including phenoxy) is 1. The second-order valence-electron chi connectivity index (χ2n) is 8.05. The van der Waals surface area contributed by atoms with Crippen molar-refractivity contribution in [2.45, 2.75) is 51.6 Å². The van der Waals surface area contributed by atoms with E-state index in [1.165, 1.54) is 0 Å². The Labute approximate surface area is 182 Å². The van der Waals surface area contributed by atoms with Gasteiger partial charge in [0.1, 0.15) is 11.6 Å². The third-order valence-electron chi connectivity index (χ3n) is 5.64. The summed E-state index contributed by atoms with van der Waals surface area (Å²) in [5.41, 5.74) is 2.13. The number of fused-ring (bicyclic) bond motifs is 1. The minimum Gasteiger partial charge on any atom is -0.492 e. The van der Waals surface area contributed by atoms with Crippen LogP contribution in [0.3, 0.4) is 0 Å². The molecule has 1 saturated heterocycles. The highest BCUT2D eigenvalue weighted by molar-refractivity contribution is 6.32. The molecule has 1 amide bonds. The molecule has 0 unspecified atom stereocenters. The Morgan fingerprint density at radius 2 is 1.97 bits per heavy atom. The third-order valence-corrected chi connectivity index (χ3v) is 5.95. The van der Waals surface area contributed by atoms with E-state index in [2.05, 4.69) is 24.5 Å². The first kappa shape index (κ1) is 20.7. The lowest BCUT2D eigenvalue weighted by molar-refractivity contribution is -0.132. The molecular formula is C24H28ClN3O2. The molecular weight excluding hydrogens is 398 g/mol. The Morgan fingerprint density at radius 1 is 1.20 bits per heavy atom. The molecule has 158 valence electrons. The first-order valence-electron chi connectivity index (χ1n) is 10.7. The number of hydrogen-bond donors (Lipinski definition) is 0. The van der Waals surface area contributed by atoms with Crippen molar-refractivity contribution < 1.29 is 9.53 Å². The molecule has 0 saturated carbocycles. The molecule has 0 radical (unpaired) electrons. The number of amides is 1. The average molecular weight is 426 g/mol. The van der Waals surface area contributed by atoms with Crippen LogP contribution in [-0.4, -0.2) is 33.5 Å². The van der Waals surface area contributed by atoms with Crippen LogP contribution in [0.2, 0.25) is 5.02 Å². The molecule has 6 heteroatoms. The number of nitrogens with zero attached hydrogens (tertiary/aromatic N) is 3. The maximum atomic E-state index is 13.0. The van der Waals surface area contributed by atoms with Crippen molar-refractivity contribution in [3.05, 3.63) is 59.4 Å². The summed E-state index contributed by atoms with van der Waals surface area (Å²) in [6.07, 6.45) is 3.09. The van der Waals surface area contributed by atoms with E-state index in [9.17, 15) is 4.79 Å². The molecule has 0 spiro atoms. The van der Waals surface area contributed by atoms with Gasteiger partial charge in [0.2, 0.25) is 5.91 Å². The Bertz CT molecular complexity index is 1030. The predicted octanol–water partition coefficient (Wildman–Crippen LogP) is 5.79. The molecule has 1 aliphatic heterocycles. The lowest BCUT2D eigenvalue weighted by atomic mass is 10.2. The summed E-state index contributed by atoms with van der Waals surface area (Å²) in [4.78, 5) is 19.9. The topological polar surface area (TPSA) is 47.4 Å². The number of benzene rings is 2. The van der Waals surface area contributed by atoms with Gasteiger partial charge in [-0.1, -0.05) is 35.9 Å². The van der Waals surface area contributed by atoms with E-state index in [-0.39, 0.29) is 18.0 Å². The van der Waals surface area contributed by atoms with Gasteiger partial charge in [-0.2, -0.15) is 0 Å². The van der Waals surface area contributed by atoms with Crippen molar-refractivity contribution in [1.29, 1.82) is 0 Å². The summed E-state index contributed by atoms with van der Waals surface area (Å²) >= 11 is 6.12. The second kappa shape index (κ2) is 9.09. The minimum atomic E-state index is 0.0387. The van der Waals surface area contributed by atoms with Crippen molar-refractivity contribution >= 4 is 28.5 Å². The first-order chi connectivity index (χ1) is 14.6. The van der Waals surface area contributed by atoms with Gasteiger partial charge in [0.25, 0.3) is 0 Å². The van der Waals surface area contributed by atoms with Crippen LogP contribution in [0.1, 0.15) is 57.4 Å². The Balaban J connectivity index is 1.43. The number of carbonyl (C=O) groups is 1. The van der Waals surface area contributed by atoms with E-state index in [0.29, 0.717) is 30.2 Å². The zero-order valence-electron chi connectivity index (χ0n) is 17.6. The van der Waals surface area contributed by atoms with Crippen LogP contribution < -0.4 is 4.74 Å². The van der Waals surface area contributed by atoms with Crippen LogP contribution in [0.25, 0.3) is 11.0 Å². The van der Waals surface area contributed by atoms with E-state index in [4.69, 9.17) is 21.3 Å². The Hall–Kier alpha value is -2.53. The van der Waals surface area contributed by atoms with Crippen molar-refractivity contribution in [2.24, 2.45) is 0 Å². The van der Waals surface area contributed by atoms with Gasteiger partial charge in [0.15, 0.2) is 0 Å². The highest BCUT2D eigenvalue weighted by Crippen LogP contribution is 2.35. The summed E-state index contributed by atoms with van der Waals surface area (Å²) in [5, 5.41) is 0.594. The number of para-hydroxylation sites is 3. The van der Waals surface area contributed by atoms with E-state index < -0.39 is 0 Å². The van der Waals surface area contributed by atoms with E-state index in [1.54, 1.807) is 6.07 Å². The number of halogens is 1. The standard InChI is InChI=1S/C24H28ClN3O2/c1-17(2)28-20-11-5-4-10-19(20)26-24(28)21-12-7-15-27(21)23(29)14-8-16-30-22-13-6-3-9-18(22)25/h3-6,9-11,13,17,21H,7-8,12,14-16H2,1-2H3/t21-/m1/s1. The summed E-state index contributed by atoms with van der Waals surface area (Å²) in [5.74, 6) is 1.84. The monoisotopic (exact) mass is 425 g/mol. The molecule has 0 N–H and O–H groups in total. The maximum absolute atomic E-state index is 13.0. The zero-order chi connectivity index (χ0) is 21.1. The fourth-order valence-corrected chi connectivity index (χ4v) is 4.48. The number of carbonyl (C=O) groups excluding carboxylic acids is 1. The van der Waals surface area contributed by atoms with Crippen molar-refractivity contribution in [2.75, 3.05) is 13.2 Å². The first-order valence-corrected chi connectivity index (χ1v) is 11.1. The number of rotatable bonds is 7. The van der Waals surface area contributed by atoms with Gasteiger partial charge in [0.05, 0.1) is 28.7 Å². The molecule has 4 rings (SSSR count). The molecule has 1 aromatic heterocycles. The number of hydrogen-bond acceptors (Lipinski definition) is 3. The summed E-state index contributed by atoms with van der Waals surface area (Å²) < 4.78 is 8.02. The zero-order valence-corrected chi connectivity index (χ0v) is 18.3. The smallest absolute Gasteiger partial charge is 0.223 e. The predicted molar refractivity (Wildman–Crippen MR) is 120 cm³/mol. The van der Waals surface area contributed by atoms with Gasteiger partial charge in [0, 0.05) is 19.0 Å². The summed E-state index contributed by atoms with van der Waals surface area (Å²) in [6, 6.07) is 16.0. The fraction of sp³-hybridized carbons (Fsp3) is 0.417. The normalized spacial score (nSPS) is 16.5. The van der Waals surface area contributed by atoms with Gasteiger partial charge in [-0.25, -0.2) is 4.98 Å². The fourth-order valence-electron chi connectivity index (χ4n) is 4.29. The third kappa shape index (κ3) is 4.17. The molecule has 3 aromatic rings. The Kier molecular flexibility index (Phi) is 6.28. The summed E-state index contributed by atoms with van der Waals surface area (Å²) in [6.45, 7) is 5.60. The number of imidazole rings is 1. The highest BCUT2D eigenvalue weighted by atomic mass is 35.5. The maximum Gasteiger partial charge on any atom is 0.223 e. The number of aromatic nitrogens is 2. The quantitative estimate of drug-likeness (QED) is 0.450. The largest absolute Gasteiger partial charge is 0.492 e. The van der Waals surface area contributed by atoms with E-state index >= 15 is 0 Å². The van der Waals surface area contributed by atoms with Crippen LogP contribution >= 0.6 is 11.6 Å². The molecule has 2 heterocycles. The van der Waals surface area contributed by atoms with Crippen LogP contribution in [0.5, 0.6) is 5.75 Å². The Morgan fingerprint density at radius 3 is 2.77 bits per heavy atom. The van der Waals surface area contributed by atoms with Crippen molar-refractivity contribution in [3.8, 4) is 5.75 Å². The van der Waals surface area contributed by atoms with Crippen LogP contribution in [0.4, 0.5) is 0 Å². The molecule has 30 heavy (non-hydrogen) atoms. The molecule has 0 aliphatic carbocycles. The van der Waals surface area contributed by atoms with Gasteiger partial charge in [-0.05, 0) is 57.4 Å². The second-order valence-corrected chi connectivity index (χ2v) is 8.46. The SMILES string of the molecule is CC(C)n1c([C@H]2CCCN2C(=O)CCCOc2ccccc2Cl)nc2ccccc21. The van der Waals surface area contributed by atoms with Crippen LogP contribution in [-0.2, 0) is 4.79 Å². The molecule has 0 bridgehead atoms. The molecule has 1 fully saturated rings. The van der Waals surface area contributed by atoms with Gasteiger partial charge in [-0.3, -0.25) is 4.79 Å². The van der Waals surface area contributed by atoms with Crippen LogP contribution in [0, 0.1) is 0 Å². The lowest BCUT2D eigenvalue weighted by Gasteiger charge is -2.26. The molecule has 1 atom stereocenters. The van der Waals surface area contributed by atoms with E-state index in [1.807, 2.05) is 41.3 Å². The molecule has 1 aliphatic rings. The molecule has 5 nitrogen and oxygen atoms in total. The molecule has 2 aromatic carbocycles. The average Bonchev–Trinajstić information content (AvgIpc) is 3.36. The van der Waals surface area contributed by atoms with E-state index in [0.717, 1.165) is 36.2 Å². The van der Waals surface area contributed by atoms with Crippen molar-refractivity contribution in [1.82, 2.24) is 14.5 Å². The highest BCUT2D eigenvalue weighted by Gasteiger charge is 2.33. The van der Waals surface area contributed by atoms with Gasteiger partial charge < -0.3 is 14.2 Å². The summed E-state index contributed by atoms with van der Waals surface area (Å²) in [7, 11) is 0. The van der Waals surface area contributed by atoms with Crippen LogP contribution in [0.15, 0.2) is 48.5 Å². The van der Waals surface area contributed by atoms with Crippen molar-refractivity contribution in [3.63, 3.8) is 0 Å². The minimum absolute atomic E-state index is 0.0387. The van der Waals surface area contributed by atoms with Gasteiger partial charge >= 0.3 is 0 Å².